The fourth-order valence-electron chi connectivity index (χ4n) is 0.905. The van der Waals surface area contributed by atoms with Crippen molar-refractivity contribution in [2.24, 2.45) is 0 Å². The number of rotatable bonds is 4. The Kier molecular flexibility index (Phi) is 8.02. The summed E-state index contributed by atoms with van der Waals surface area (Å²) >= 11 is 0. The first kappa shape index (κ1) is 16.8. The molecule has 0 bridgehead atoms. The number of hydrogen-bond acceptors (Lipinski definition) is 4. The van der Waals surface area contributed by atoms with Crippen LogP contribution in [0.4, 0.5) is 0 Å². The van der Waals surface area contributed by atoms with Gasteiger partial charge in [0.2, 0.25) is 0 Å². The molecule has 0 saturated heterocycles. The van der Waals surface area contributed by atoms with Gasteiger partial charge in [-0.15, -0.1) is 0 Å². The van der Waals surface area contributed by atoms with Gasteiger partial charge in [0.1, 0.15) is 0 Å². The topological polar surface area (TPSA) is 71.3 Å². The SMILES string of the molecule is C.C.CNCNC(=O)c1ccc(C(C)=O)o1. The van der Waals surface area contributed by atoms with Gasteiger partial charge in [-0.25, -0.2) is 0 Å². The van der Waals surface area contributed by atoms with Crippen LogP contribution in [0.1, 0.15) is 42.9 Å². The number of nitrogens with one attached hydrogen (secondary N) is 2. The first-order valence-electron chi connectivity index (χ1n) is 4.18. The van der Waals surface area contributed by atoms with Crippen molar-refractivity contribution >= 4 is 11.7 Å². The van der Waals surface area contributed by atoms with Crippen molar-refractivity contribution in [3.8, 4) is 0 Å². The summed E-state index contributed by atoms with van der Waals surface area (Å²) in [5.41, 5.74) is 0. The number of Topliss-reactive ketones (excluding diaryl/α,β-unsaturated/α-hetero) is 1. The molecule has 0 aliphatic rings. The monoisotopic (exact) mass is 228 g/mol. The lowest BCUT2D eigenvalue weighted by Crippen LogP contribution is -2.31. The van der Waals surface area contributed by atoms with E-state index in [0.717, 1.165) is 0 Å². The summed E-state index contributed by atoms with van der Waals surface area (Å²) in [6, 6.07) is 2.96. The highest BCUT2D eigenvalue weighted by atomic mass is 16.4. The van der Waals surface area contributed by atoms with E-state index in [9.17, 15) is 9.59 Å². The number of ketones is 1. The molecule has 1 aromatic heterocycles. The molecule has 0 saturated carbocycles. The Balaban J connectivity index is 0. The van der Waals surface area contributed by atoms with Gasteiger partial charge in [-0.05, 0) is 19.2 Å². The van der Waals surface area contributed by atoms with E-state index in [1.165, 1.54) is 19.1 Å². The molecule has 0 aliphatic heterocycles. The maximum absolute atomic E-state index is 11.3. The predicted molar refractivity (Wildman–Crippen MR) is 63.6 cm³/mol. The molecule has 16 heavy (non-hydrogen) atoms. The summed E-state index contributed by atoms with van der Waals surface area (Å²) in [6.07, 6.45) is 0. The van der Waals surface area contributed by atoms with Crippen LogP contribution in [0.3, 0.4) is 0 Å². The molecule has 0 aliphatic carbocycles. The molecule has 0 fully saturated rings. The molecule has 5 nitrogen and oxygen atoms in total. The average Bonchev–Trinajstić information content (AvgIpc) is 2.62. The molecule has 1 heterocycles. The van der Waals surface area contributed by atoms with Gasteiger partial charge in [0.15, 0.2) is 17.3 Å². The Labute approximate surface area is 96.2 Å². The second-order valence-corrected chi connectivity index (χ2v) is 2.76. The van der Waals surface area contributed by atoms with E-state index < -0.39 is 0 Å². The van der Waals surface area contributed by atoms with Gasteiger partial charge in [-0.1, -0.05) is 14.9 Å². The molecule has 0 unspecified atom stereocenters. The molecule has 0 aromatic carbocycles. The fraction of sp³-hybridized carbons (Fsp3) is 0.455. The lowest BCUT2D eigenvalue weighted by Gasteiger charge is -2.00. The molecular weight excluding hydrogens is 208 g/mol. The summed E-state index contributed by atoms with van der Waals surface area (Å²) in [7, 11) is 1.71. The van der Waals surface area contributed by atoms with Gasteiger partial charge in [0.05, 0.1) is 6.67 Å². The number of amides is 1. The predicted octanol–water partition coefficient (Wildman–Crippen LogP) is 1.66. The zero-order chi connectivity index (χ0) is 10.6. The standard InChI is InChI=1S/C9H12N2O3.2CH4/c1-6(12)7-3-4-8(14-7)9(13)11-5-10-2;;/h3-4,10H,5H2,1-2H3,(H,11,13);2*1H4. The van der Waals surface area contributed by atoms with Crippen LogP contribution >= 0.6 is 0 Å². The zero-order valence-corrected chi connectivity index (χ0v) is 8.09. The highest BCUT2D eigenvalue weighted by Crippen LogP contribution is 2.07. The highest BCUT2D eigenvalue weighted by Gasteiger charge is 2.11. The van der Waals surface area contributed by atoms with Gasteiger partial charge >= 0.3 is 0 Å². The quantitative estimate of drug-likeness (QED) is 0.607. The molecule has 92 valence electrons. The zero-order valence-electron chi connectivity index (χ0n) is 8.09. The number of carbonyl (C=O) groups is 2. The van der Waals surface area contributed by atoms with E-state index in [1.54, 1.807) is 7.05 Å². The number of hydrogen-bond donors (Lipinski definition) is 2. The number of furan rings is 1. The van der Waals surface area contributed by atoms with Crippen LogP contribution in [0.2, 0.25) is 0 Å². The van der Waals surface area contributed by atoms with Gasteiger partial charge in [-0.2, -0.15) is 0 Å². The molecule has 0 spiro atoms. The van der Waals surface area contributed by atoms with Crippen LogP contribution in [-0.4, -0.2) is 25.4 Å². The van der Waals surface area contributed by atoms with Gasteiger partial charge in [0.25, 0.3) is 5.91 Å². The summed E-state index contributed by atoms with van der Waals surface area (Å²) in [5.74, 6) is -0.199. The Morgan fingerprint density at radius 1 is 1.25 bits per heavy atom. The van der Waals surface area contributed by atoms with Crippen molar-refractivity contribution in [1.29, 1.82) is 0 Å². The normalized spacial score (nSPS) is 8.62. The van der Waals surface area contributed by atoms with Crippen LogP contribution in [0.25, 0.3) is 0 Å². The molecule has 0 radical (unpaired) electrons. The summed E-state index contributed by atoms with van der Waals surface area (Å²) in [6.45, 7) is 1.74. The second-order valence-electron chi connectivity index (χ2n) is 2.76. The second kappa shape index (κ2) is 7.64. The van der Waals surface area contributed by atoms with Gasteiger partial charge in [-0.3, -0.25) is 9.59 Å². The molecule has 1 aromatic rings. The first-order chi connectivity index (χ1) is 6.65. The largest absolute Gasteiger partial charge is 0.448 e. The molecule has 0 atom stereocenters. The van der Waals surface area contributed by atoms with Crippen LogP contribution in [0.5, 0.6) is 0 Å². The highest BCUT2D eigenvalue weighted by molar-refractivity contribution is 5.95. The third-order valence-corrected chi connectivity index (χ3v) is 1.60. The lowest BCUT2D eigenvalue weighted by molar-refractivity contribution is 0.0916. The average molecular weight is 228 g/mol. The van der Waals surface area contributed by atoms with E-state index in [0.29, 0.717) is 6.67 Å². The Hall–Kier alpha value is -1.62. The van der Waals surface area contributed by atoms with Crippen molar-refractivity contribution < 1.29 is 14.0 Å². The molecular formula is C11H20N2O3. The van der Waals surface area contributed by atoms with E-state index in [2.05, 4.69) is 10.6 Å². The first-order valence-corrected chi connectivity index (χ1v) is 4.18. The van der Waals surface area contributed by atoms with Crippen LogP contribution < -0.4 is 10.6 Å². The van der Waals surface area contributed by atoms with Crippen molar-refractivity contribution in [3.63, 3.8) is 0 Å². The summed E-state index contributed by atoms with van der Waals surface area (Å²) < 4.78 is 5.01. The number of carbonyl (C=O) groups excluding carboxylic acids is 2. The van der Waals surface area contributed by atoms with Crippen molar-refractivity contribution in [2.75, 3.05) is 13.7 Å². The van der Waals surface area contributed by atoms with Crippen LogP contribution in [0.15, 0.2) is 16.5 Å². The van der Waals surface area contributed by atoms with Crippen molar-refractivity contribution in [3.05, 3.63) is 23.7 Å². The maximum atomic E-state index is 11.3. The minimum atomic E-state index is -0.341. The van der Waals surface area contributed by atoms with Gasteiger partial charge in [0, 0.05) is 6.92 Å². The van der Waals surface area contributed by atoms with Crippen molar-refractivity contribution in [2.45, 2.75) is 21.8 Å². The van der Waals surface area contributed by atoms with Crippen LogP contribution in [-0.2, 0) is 0 Å². The van der Waals surface area contributed by atoms with Crippen molar-refractivity contribution in [1.82, 2.24) is 10.6 Å². The fourth-order valence-corrected chi connectivity index (χ4v) is 0.905. The Morgan fingerprint density at radius 3 is 2.25 bits per heavy atom. The molecule has 2 N–H and O–H groups in total. The molecule has 5 heteroatoms. The van der Waals surface area contributed by atoms with Gasteiger partial charge < -0.3 is 15.1 Å². The minimum Gasteiger partial charge on any atom is -0.448 e. The molecule has 1 amide bonds. The maximum Gasteiger partial charge on any atom is 0.288 e. The Morgan fingerprint density at radius 2 is 1.81 bits per heavy atom. The van der Waals surface area contributed by atoms with E-state index >= 15 is 0 Å². The third kappa shape index (κ3) is 4.27. The molecule has 1 rings (SSSR count). The minimum absolute atomic E-state index is 0. The van der Waals surface area contributed by atoms with E-state index in [4.69, 9.17) is 4.42 Å². The van der Waals surface area contributed by atoms with E-state index in [-0.39, 0.29) is 38.1 Å². The van der Waals surface area contributed by atoms with Crippen LogP contribution in [0, 0.1) is 0 Å². The Bertz CT molecular complexity index is 345. The summed E-state index contributed by atoms with van der Waals surface area (Å²) in [5, 5.41) is 5.30. The summed E-state index contributed by atoms with van der Waals surface area (Å²) in [4.78, 5) is 22.1. The smallest absolute Gasteiger partial charge is 0.288 e. The van der Waals surface area contributed by atoms with E-state index in [1.807, 2.05) is 0 Å². The lowest BCUT2D eigenvalue weighted by atomic mass is 10.3. The third-order valence-electron chi connectivity index (χ3n) is 1.60.